The number of rotatable bonds is 12. The third-order valence-electron chi connectivity index (χ3n) is 8.00. The van der Waals surface area contributed by atoms with Gasteiger partial charge in [0.05, 0.1) is 0 Å². The van der Waals surface area contributed by atoms with Gasteiger partial charge >= 0.3 is 0 Å². The lowest BCUT2D eigenvalue weighted by Crippen LogP contribution is -2.14. The Labute approximate surface area is 199 Å². The minimum absolute atomic E-state index is 0.800. The van der Waals surface area contributed by atoms with E-state index < -0.39 is 0 Å². The molecule has 1 aliphatic carbocycles. The van der Waals surface area contributed by atoms with Crippen molar-refractivity contribution < 1.29 is 0 Å². The van der Waals surface area contributed by atoms with Gasteiger partial charge in [-0.3, -0.25) is 0 Å². The van der Waals surface area contributed by atoms with Crippen LogP contribution in [-0.2, 0) is 19.3 Å². The van der Waals surface area contributed by atoms with Crippen molar-refractivity contribution in [3.8, 4) is 0 Å². The molecule has 0 unspecified atom stereocenters. The van der Waals surface area contributed by atoms with E-state index in [2.05, 4.69) is 64.1 Å². The second-order valence-corrected chi connectivity index (χ2v) is 10.6. The molecule has 1 fully saturated rings. The maximum atomic E-state index is 2.48. The molecule has 0 bridgehead atoms. The van der Waals surface area contributed by atoms with E-state index in [1.807, 2.05) is 0 Å². The van der Waals surface area contributed by atoms with Gasteiger partial charge in [0.2, 0.25) is 0 Å². The quantitative estimate of drug-likeness (QED) is 0.293. The van der Waals surface area contributed by atoms with Gasteiger partial charge in [-0.2, -0.15) is 0 Å². The average molecular weight is 433 g/mol. The van der Waals surface area contributed by atoms with Crippen LogP contribution in [-0.4, -0.2) is 0 Å². The van der Waals surface area contributed by atoms with E-state index in [1.165, 1.54) is 99.3 Å². The monoisotopic (exact) mass is 432 g/mol. The highest BCUT2D eigenvalue weighted by Crippen LogP contribution is 2.39. The number of hydrogen-bond donors (Lipinski definition) is 0. The van der Waals surface area contributed by atoms with Crippen LogP contribution in [0.3, 0.4) is 0 Å². The Morgan fingerprint density at radius 1 is 0.656 bits per heavy atom. The van der Waals surface area contributed by atoms with Crippen molar-refractivity contribution in [1.82, 2.24) is 0 Å². The SMILES string of the molecule is CCCCCc1ccc(CCc2ccc(C3CCC(CCCCC)CC3)c(C)c2)cc1C. The molecule has 1 saturated carbocycles. The molecule has 0 heteroatoms. The molecule has 2 aromatic carbocycles. The molecule has 0 aromatic heterocycles. The summed E-state index contributed by atoms with van der Waals surface area (Å²) in [5, 5.41) is 0. The summed E-state index contributed by atoms with van der Waals surface area (Å²) in [6.45, 7) is 9.24. The molecule has 176 valence electrons. The van der Waals surface area contributed by atoms with E-state index in [-0.39, 0.29) is 0 Å². The van der Waals surface area contributed by atoms with Crippen LogP contribution in [0.25, 0.3) is 0 Å². The molecule has 0 nitrogen and oxygen atoms in total. The molecular weight excluding hydrogens is 384 g/mol. The molecule has 0 amide bonds. The topological polar surface area (TPSA) is 0 Å². The van der Waals surface area contributed by atoms with Gasteiger partial charge in [-0.15, -0.1) is 0 Å². The van der Waals surface area contributed by atoms with E-state index in [0.29, 0.717) is 0 Å². The Kier molecular flexibility index (Phi) is 10.4. The van der Waals surface area contributed by atoms with Crippen LogP contribution < -0.4 is 0 Å². The van der Waals surface area contributed by atoms with Crippen LogP contribution in [0.1, 0.15) is 124 Å². The third-order valence-corrected chi connectivity index (χ3v) is 8.00. The standard InChI is InChI=1S/C32H48/c1-5-7-9-11-27-15-20-31(21-16-27)32-22-18-29(24-26(32)4)14-13-28-17-19-30(25(3)23-28)12-10-8-6-2/h17-19,22-24,27,31H,5-16,20-21H2,1-4H3. The van der Waals surface area contributed by atoms with Crippen molar-refractivity contribution in [2.24, 2.45) is 5.92 Å². The van der Waals surface area contributed by atoms with Gasteiger partial charge < -0.3 is 0 Å². The summed E-state index contributed by atoms with van der Waals surface area (Å²) in [5.74, 6) is 1.80. The first-order chi connectivity index (χ1) is 15.6. The Morgan fingerprint density at radius 2 is 1.28 bits per heavy atom. The predicted octanol–water partition coefficient (Wildman–Crippen LogP) is 9.68. The van der Waals surface area contributed by atoms with Crippen molar-refractivity contribution in [2.45, 2.75) is 124 Å². The van der Waals surface area contributed by atoms with Crippen molar-refractivity contribution in [2.75, 3.05) is 0 Å². The molecule has 0 aliphatic heterocycles. The highest BCUT2D eigenvalue weighted by atomic mass is 14.3. The molecule has 0 heterocycles. The first-order valence-corrected chi connectivity index (χ1v) is 13.8. The number of hydrogen-bond acceptors (Lipinski definition) is 0. The molecule has 0 N–H and O–H groups in total. The van der Waals surface area contributed by atoms with Gasteiger partial charge in [-0.1, -0.05) is 88.8 Å². The molecule has 0 atom stereocenters. The van der Waals surface area contributed by atoms with E-state index >= 15 is 0 Å². The Morgan fingerprint density at radius 3 is 1.91 bits per heavy atom. The first-order valence-electron chi connectivity index (χ1n) is 13.8. The third kappa shape index (κ3) is 7.50. The zero-order valence-electron chi connectivity index (χ0n) is 21.5. The zero-order chi connectivity index (χ0) is 22.8. The van der Waals surface area contributed by atoms with Gasteiger partial charge in [0.15, 0.2) is 0 Å². The highest BCUT2D eigenvalue weighted by Gasteiger charge is 2.23. The summed E-state index contributed by atoms with van der Waals surface area (Å²) in [4.78, 5) is 0. The van der Waals surface area contributed by atoms with Crippen molar-refractivity contribution in [3.05, 3.63) is 69.8 Å². The molecule has 32 heavy (non-hydrogen) atoms. The van der Waals surface area contributed by atoms with Gasteiger partial charge in [0, 0.05) is 0 Å². The minimum atomic E-state index is 0.800. The minimum Gasteiger partial charge on any atom is -0.0654 e. The molecule has 0 spiro atoms. The van der Waals surface area contributed by atoms with Crippen molar-refractivity contribution >= 4 is 0 Å². The van der Waals surface area contributed by atoms with Crippen LogP contribution in [0.15, 0.2) is 36.4 Å². The largest absolute Gasteiger partial charge is 0.0654 e. The van der Waals surface area contributed by atoms with Crippen LogP contribution in [0.5, 0.6) is 0 Å². The van der Waals surface area contributed by atoms with Gasteiger partial charge in [0.25, 0.3) is 0 Å². The molecule has 3 rings (SSSR count). The Bertz CT molecular complexity index is 807. The number of unbranched alkanes of at least 4 members (excludes halogenated alkanes) is 4. The first kappa shape index (κ1) is 25.1. The van der Waals surface area contributed by atoms with E-state index in [0.717, 1.165) is 24.7 Å². The van der Waals surface area contributed by atoms with Crippen molar-refractivity contribution in [1.29, 1.82) is 0 Å². The van der Waals surface area contributed by atoms with Crippen LogP contribution >= 0.6 is 0 Å². The molecular formula is C32H48. The van der Waals surface area contributed by atoms with Gasteiger partial charge in [-0.25, -0.2) is 0 Å². The summed E-state index contributed by atoms with van der Waals surface area (Å²) in [5.41, 5.74) is 9.18. The highest BCUT2D eigenvalue weighted by molar-refractivity contribution is 5.35. The molecule has 0 saturated heterocycles. The lowest BCUT2D eigenvalue weighted by molar-refractivity contribution is 0.302. The molecule has 1 aliphatic rings. The summed E-state index contributed by atoms with van der Waals surface area (Å²) in [6.07, 6.45) is 18.9. The number of aryl methyl sites for hydroxylation is 5. The fourth-order valence-electron chi connectivity index (χ4n) is 5.84. The average Bonchev–Trinajstić information content (AvgIpc) is 2.80. The Hall–Kier alpha value is -1.56. The predicted molar refractivity (Wildman–Crippen MR) is 142 cm³/mol. The van der Waals surface area contributed by atoms with E-state index in [4.69, 9.17) is 0 Å². The van der Waals surface area contributed by atoms with Gasteiger partial charge in [-0.05, 0) is 110 Å². The second kappa shape index (κ2) is 13.2. The van der Waals surface area contributed by atoms with E-state index in [1.54, 1.807) is 11.1 Å². The fourth-order valence-corrected chi connectivity index (χ4v) is 5.84. The van der Waals surface area contributed by atoms with E-state index in [9.17, 15) is 0 Å². The van der Waals surface area contributed by atoms with Crippen LogP contribution in [0.4, 0.5) is 0 Å². The van der Waals surface area contributed by atoms with Crippen LogP contribution in [0.2, 0.25) is 0 Å². The summed E-state index contributed by atoms with van der Waals surface area (Å²) in [6, 6.07) is 14.5. The zero-order valence-corrected chi connectivity index (χ0v) is 21.5. The lowest BCUT2D eigenvalue weighted by atomic mass is 9.76. The lowest BCUT2D eigenvalue weighted by Gasteiger charge is -2.30. The Balaban J connectivity index is 1.50. The second-order valence-electron chi connectivity index (χ2n) is 10.6. The number of benzene rings is 2. The smallest absolute Gasteiger partial charge is 0.0159 e. The summed E-state index contributed by atoms with van der Waals surface area (Å²) >= 11 is 0. The van der Waals surface area contributed by atoms with Crippen molar-refractivity contribution in [3.63, 3.8) is 0 Å². The maximum Gasteiger partial charge on any atom is -0.0159 e. The normalized spacial score (nSPS) is 18.8. The van der Waals surface area contributed by atoms with Gasteiger partial charge in [0.1, 0.15) is 0 Å². The fraction of sp³-hybridized carbons (Fsp3) is 0.625. The molecule has 2 aromatic rings. The maximum absolute atomic E-state index is 2.48. The summed E-state index contributed by atoms with van der Waals surface area (Å²) in [7, 11) is 0. The van der Waals surface area contributed by atoms with Crippen LogP contribution in [0, 0.1) is 19.8 Å². The molecule has 0 radical (unpaired) electrons. The summed E-state index contributed by atoms with van der Waals surface area (Å²) < 4.78 is 0.